The first kappa shape index (κ1) is 15.4. The molecule has 0 saturated carbocycles. The second-order valence-corrected chi connectivity index (χ2v) is 6.33. The summed E-state index contributed by atoms with van der Waals surface area (Å²) in [6.45, 7) is 0. The largest absolute Gasteiger partial charge is 0.371 e. The molecule has 0 N–H and O–H groups in total. The van der Waals surface area contributed by atoms with Gasteiger partial charge in [0.05, 0.1) is 4.92 Å². The van der Waals surface area contributed by atoms with E-state index in [0.717, 1.165) is 12.1 Å². The Labute approximate surface area is 127 Å². The third-order valence-corrected chi connectivity index (χ3v) is 4.13. The molecule has 0 atom stereocenters. The maximum absolute atomic E-state index is 13.1. The van der Waals surface area contributed by atoms with E-state index >= 15 is 0 Å². The molecule has 0 fully saturated rings. The molecule has 0 saturated heterocycles. The van der Waals surface area contributed by atoms with Gasteiger partial charge in [-0.1, -0.05) is 22.0 Å². The molecule has 6 nitrogen and oxygen atoms in total. The van der Waals surface area contributed by atoms with Crippen molar-refractivity contribution >= 4 is 31.7 Å². The molecule has 0 bridgehead atoms. The second-order valence-electron chi connectivity index (χ2n) is 3.86. The maximum Gasteiger partial charge on any atom is 0.339 e. The minimum absolute atomic E-state index is 0.213. The second kappa shape index (κ2) is 5.78. The van der Waals surface area contributed by atoms with Gasteiger partial charge in [0.1, 0.15) is 10.7 Å². The van der Waals surface area contributed by atoms with Crippen LogP contribution in [-0.2, 0) is 10.1 Å². The zero-order valence-corrected chi connectivity index (χ0v) is 12.6. The van der Waals surface area contributed by atoms with Crippen LogP contribution in [-0.4, -0.2) is 13.3 Å². The number of hydrogen-bond acceptors (Lipinski definition) is 5. The van der Waals surface area contributed by atoms with Gasteiger partial charge < -0.3 is 4.18 Å². The van der Waals surface area contributed by atoms with Gasteiger partial charge in [-0.15, -0.1) is 0 Å². The average Bonchev–Trinajstić information content (AvgIpc) is 2.38. The Morgan fingerprint density at radius 3 is 2.52 bits per heavy atom. The van der Waals surface area contributed by atoms with Crippen molar-refractivity contribution < 1.29 is 21.9 Å². The summed E-state index contributed by atoms with van der Waals surface area (Å²) in [5.41, 5.74) is -0.644. The van der Waals surface area contributed by atoms with E-state index in [1.54, 1.807) is 6.07 Å². The lowest BCUT2D eigenvalue weighted by molar-refractivity contribution is -0.385. The van der Waals surface area contributed by atoms with Crippen molar-refractivity contribution in [2.24, 2.45) is 0 Å². The first-order valence-electron chi connectivity index (χ1n) is 5.43. The van der Waals surface area contributed by atoms with Gasteiger partial charge >= 0.3 is 15.8 Å². The molecule has 0 heterocycles. The number of nitro groups is 1. The van der Waals surface area contributed by atoms with Crippen LogP contribution in [0.5, 0.6) is 5.75 Å². The number of nitrogens with zero attached hydrogens (tertiary/aromatic N) is 1. The Morgan fingerprint density at radius 1 is 1.19 bits per heavy atom. The summed E-state index contributed by atoms with van der Waals surface area (Å²) in [6, 6.07) is 7.90. The molecule has 0 amide bonds. The summed E-state index contributed by atoms with van der Waals surface area (Å²) in [5, 5.41) is 10.8. The van der Waals surface area contributed by atoms with Crippen LogP contribution in [0.1, 0.15) is 0 Å². The molecule has 0 aliphatic heterocycles. The summed E-state index contributed by atoms with van der Waals surface area (Å²) in [4.78, 5) is 9.74. The van der Waals surface area contributed by atoms with Crippen LogP contribution in [0.4, 0.5) is 10.1 Å². The molecule has 2 aromatic rings. The first-order chi connectivity index (χ1) is 9.79. The normalized spacial score (nSPS) is 11.1. The van der Waals surface area contributed by atoms with Gasteiger partial charge in [0, 0.05) is 16.6 Å². The number of nitro benzene ring substituents is 1. The molecule has 0 aliphatic carbocycles. The molecule has 2 rings (SSSR count). The van der Waals surface area contributed by atoms with Gasteiger partial charge in [0.15, 0.2) is 0 Å². The number of hydrogen-bond donors (Lipinski definition) is 0. The molecule has 0 unspecified atom stereocenters. The van der Waals surface area contributed by atoms with Crippen LogP contribution in [0.2, 0.25) is 0 Å². The fraction of sp³-hybridized carbons (Fsp3) is 0. The lowest BCUT2D eigenvalue weighted by Gasteiger charge is -2.07. The van der Waals surface area contributed by atoms with E-state index < -0.39 is 32.3 Å². The number of benzene rings is 2. The highest BCUT2D eigenvalue weighted by molar-refractivity contribution is 9.10. The van der Waals surface area contributed by atoms with E-state index in [2.05, 4.69) is 20.1 Å². The van der Waals surface area contributed by atoms with Gasteiger partial charge in [-0.2, -0.15) is 8.42 Å². The monoisotopic (exact) mass is 375 g/mol. The quantitative estimate of drug-likeness (QED) is 0.465. The zero-order chi connectivity index (χ0) is 15.6. The molecular formula is C12H7BrFNO5S. The molecule has 110 valence electrons. The Balaban J connectivity index is 2.46. The Morgan fingerprint density at radius 2 is 1.90 bits per heavy atom. The van der Waals surface area contributed by atoms with Crippen molar-refractivity contribution in [3.05, 3.63) is 62.9 Å². The molecular weight excluding hydrogens is 369 g/mol. The molecule has 0 aromatic heterocycles. The third-order valence-electron chi connectivity index (χ3n) is 2.40. The highest BCUT2D eigenvalue weighted by atomic mass is 79.9. The Bertz CT molecular complexity index is 809. The highest BCUT2D eigenvalue weighted by Gasteiger charge is 2.24. The standard InChI is InChI=1S/C12H7BrFNO5S/c13-8-2-1-3-10(6-8)21(18,19)20-12-7-9(14)4-5-11(12)15(16)17/h1-7H. The molecule has 0 radical (unpaired) electrons. The van der Waals surface area contributed by atoms with Crippen molar-refractivity contribution in [2.45, 2.75) is 4.90 Å². The number of halogens is 2. The van der Waals surface area contributed by atoms with Crippen molar-refractivity contribution in [2.75, 3.05) is 0 Å². The summed E-state index contributed by atoms with van der Waals surface area (Å²) < 4.78 is 42.4. The highest BCUT2D eigenvalue weighted by Crippen LogP contribution is 2.30. The first-order valence-corrected chi connectivity index (χ1v) is 7.64. The van der Waals surface area contributed by atoms with Crippen molar-refractivity contribution in [1.29, 1.82) is 0 Å². The van der Waals surface area contributed by atoms with Gasteiger partial charge in [0.2, 0.25) is 5.75 Å². The average molecular weight is 376 g/mol. The van der Waals surface area contributed by atoms with Crippen LogP contribution >= 0.6 is 15.9 Å². The molecule has 9 heteroatoms. The van der Waals surface area contributed by atoms with E-state index in [4.69, 9.17) is 0 Å². The summed E-state index contributed by atoms with van der Waals surface area (Å²) >= 11 is 3.10. The summed E-state index contributed by atoms with van der Waals surface area (Å²) in [5.74, 6) is -1.53. The molecule has 2 aromatic carbocycles. The SMILES string of the molecule is O=[N+]([O-])c1ccc(F)cc1OS(=O)(=O)c1cccc(Br)c1. The fourth-order valence-electron chi connectivity index (χ4n) is 1.49. The van der Waals surface area contributed by atoms with Crippen LogP contribution < -0.4 is 4.18 Å². The fourth-order valence-corrected chi connectivity index (χ4v) is 3.03. The summed E-state index contributed by atoms with van der Waals surface area (Å²) in [6.07, 6.45) is 0. The predicted octanol–water partition coefficient (Wildman–Crippen LogP) is 3.26. The number of rotatable bonds is 4. The van der Waals surface area contributed by atoms with Crippen LogP contribution in [0, 0.1) is 15.9 Å². The van der Waals surface area contributed by atoms with Crippen molar-refractivity contribution in [3.8, 4) is 5.75 Å². The van der Waals surface area contributed by atoms with Crippen molar-refractivity contribution in [3.63, 3.8) is 0 Å². The topological polar surface area (TPSA) is 86.5 Å². The lowest BCUT2D eigenvalue weighted by Crippen LogP contribution is -2.11. The smallest absolute Gasteiger partial charge is 0.339 e. The van der Waals surface area contributed by atoms with Crippen molar-refractivity contribution in [1.82, 2.24) is 0 Å². The maximum atomic E-state index is 13.1. The Kier molecular flexibility index (Phi) is 4.24. The van der Waals surface area contributed by atoms with Gasteiger partial charge in [-0.3, -0.25) is 10.1 Å². The van der Waals surface area contributed by atoms with Crippen LogP contribution in [0.3, 0.4) is 0 Å². The summed E-state index contributed by atoms with van der Waals surface area (Å²) in [7, 11) is -4.31. The van der Waals surface area contributed by atoms with Gasteiger partial charge in [0.25, 0.3) is 0 Å². The minimum atomic E-state index is -4.31. The van der Waals surface area contributed by atoms with Crippen LogP contribution in [0.25, 0.3) is 0 Å². The lowest BCUT2D eigenvalue weighted by atomic mass is 10.3. The van der Waals surface area contributed by atoms with Crippen LogP contribution in [0.15, 0.2) is 51.8 Å². The van der Waals surface area contributed by atoms with E-state index in [1.807, 2.05) is 0 Å². The van der Waals surface area contributed by atoms with E-state index in [1.165, 1.54) is 18.2 Å². The molecule has 0 aliphatic rings. The predicted molar refractivity (Wildman–Crippen MR) is 75.0 cm³/mol. The minimum Gasteiger partial charge on any atom is -0.371 e. The molecule has 0 spiro atoms. The van der Waals surface area contributed by atoms with E-state index in [9.17, 15) is 22.9 Å². The van der Waals surface area contributed by atoms with E-state index in [-0.39, 0.29) is 4.90 Å². The van der Waals surface area contributed by atoms with Gasteiger partial charge in [-0.05, 0) is 24.3 Å². The van der Waals surface area contributed by atoms with E-state index in [0.29, 0.717) is 10.5 Å². The molecule has 21 heavy (non-hydrogen) atoms. The zero-order valence-electron chi connectivity index (χ0n) is 10.2. The van der Waals surface area contributed by atoms with Gasteiger partial charge in [-0.25, -0.2) is 4.39 Å². The Hall–Kier alpha value is -2.00. The third kappa shape index (κ3) is 3.56.